The van der Waals surface area contributed by atoms with E-state index in [0.717, 1.165) is 58.0 Å². The third-order valence-corrected chi connectivity index (χ3v) is 6.08. The summed E-state index contributed by atoms with van der Waals surface area (Å²) in [6, 6.07) is 2.17. The Labute approximate surface area is 174 Å². The van der Waals surface area contributed by atoms with Gasteiger partial charge in [-0.15, -0.1) is 0 Å². The van der Waals surface area contributed by atoms with Crippen LogP contribution in [0.25, 0.3) is 11.1 Å². The maximum Gasteiger partial charge on any atom is 0.220 e. The molecule has 3 aliphatic rings. The Hall–Kier alpha value is -3.29. The van der Waals surface area contributed by atoms with E-state index in [1.165, 1.54) is 12.8 Å². The summed E-state index contributed by atoms with van der Waals surface area (Å²) in [5, 5.41) is 12.5. The maximum atomic E-state index is 12.4. The Morgan fingerprint density at radius 1 is 1.10 bits per heavy atom. The lowest BCUT2D eigenvalue weighted by Gasteiger charge is -2.08. The topological polar surface area (TPSA) is 90.0 Å². The van der Waals surface area contributed by atoms with Crippen molar-refractivity contribution in [1.29, 1.82) is 0 Å². The van der Waals surface area contributed by atoms with Gasteiger partial charge in [0, 0.05) is 66.8 Å². The monoisotopic (exact) mass is 401 g/mol. The fraction of sp³-hybridized carbons (Fsp3) is 0.409. The number of aliphatic imine (C=N–C) groups is 1. The minimum Gasteiger partial charge on any atom is -0.350 e. The van der Waals surface area contributed by atoms with Crippen LogP contribution < -0.4 is 5.32 Å². The largest absolute Gasteiger partial charge is 0.350 e. The number of amides is 1. The number of aryl methyl sites for hydroxylation is 2. The molecule has 8 heteroatoms. The standard InChI is InChI=1S/C22H23N7O/c1-28-11-16-14-7-15-18(23-8-14)9-25-22(15)17-12-29(27-21(17)13-4-5-13)6-2-3-20(30)24-10-19(16)26-28/h7-8,11-13H,2-6,9-10H2,1H3,(H,24,30). The molecule has 0 radical (unpaired) electrons. The first-order chi connectivity index (χ1) is 14.7. The molecule has 1 aliphatic carbocycles. The quantitative estimate of drug-likeness (QED) is 0.678. The van der Waals surface area contributed by atoms with Gasteiger partial charge in [-0.1, -0.05) is 0 Å². The summed E-state index contributed by atoms with van der Waals surface area (Å²) in [7, 11) is 1.90. The van der Waals surface area contributed by atoms with Crippen LogP contribution in [-0.2, 0) is 31.5 Å². The first-order valence-corrected chi connectivity index (χ1v) is 10.6. The molecule has 1 saturated carbocycles. The van der Waals surface area contributed by atoms with E-state index in [1.807, 2.05) is 24.1 Å². The van der Waals surface area contributed by atoms with Crippen molar-refractivity contribution in [3.63, 3.8) is 0 Å². The normalized spacial score (nSPS) is 18.3. The summed E-state index contributed by atoms with van der Waals surface area (Å²) in [5.74, 6) is 0.560. The highest BCUT2D eigenvalue weighted by molar-refractivity contribution is 6.16. The zero-order chi connectivity index (χ0) is 20.2. The molecule has 6 rings (SSSR count). The van der Waals surface area contributed by atoms with Crippen molar-refractivity contribution >= 4 is 11.6 Å². The van der Waals surface area contributed by atoms with Gasteiger partial charge in [-0.2, -0.15) is 10.2 Å². The van der Waals surface area contributed by atoms with Gasteiger partial charge in [-0.3, -0.25) is 24.1 Å². The molecular formula is C22H23N7O. The summed E-state index contributed by atoms with van der Waals surface area (Å²) in [6.07, 6.45) is 9.58. The lowest BCUT2D eigenvalue weighted by molar-refractivity contribution is -0.121. The fourth-order valence-corrected chi connectivity index (χ4v) is 4.41. The predicted molar refractivity (Wildman–Crippen MR) is 111 cm³/mol. The molecule has 3 aromatic rings. The van der Waals surface area contributed by atoms with Crippen LogP contribution >= 0.6 is 0 Å². The number of rotatable bonds is 1. The molecule has 3 aromatic heterocycles. The van der Waals surface area contributed by atoms with Gasteiger partial charge in [0.05, 0.1) is 35.9 Å². The molecule has 8 nitrogen and oxygen atoms in total. The molecule has 0 aromatic carbocycles. The zero-order valence-corrected chi connectivity index (χ0v) is 16.9. The molecule has 4 bridgehead atoms. The molecule has 2 aliphatic heterocycles. The minimum absolute atomic E-state index is 0.0359. The summed E-state index contributed by atoms with van der Waals surface area (Å²) >= 11 is 0. The summed E-state index contributed by atoms with van der Waals surface area (Å²) in [6.45, 7) is 1.74. The fourth-order valence-electron chi connectivity index (χ4n) is 4.41. The molecule has 1 amide bonds. The molecule has 0 unspecified atom stereocenters. The van der Waals surface area contributed by atoms with Crippen LogP contribution in [-0.4, -0.2) is 36.2 Å². The van der Waals surface area contributed by atoms with E-state index < -0.39 is 0 Å². The highest BCUT2D eigenvalue weighted by Crippen LogP contribution is 2.42. The van der Waals surface area contributed by atoms with Crippen molar-refractivity contribution in [3.8, 4) is 11.1 Å². The first-order valence-electron chi connectivity index (χ1n) is 10.6. The number of nitrogens with zero attached hydrogens (tertiary/aromatic N) is 6. The van der Waals surface area contributed by atoms with Crippen LogP contribution in [0.4, 0.5) is 0 Å². The molecule has 152 valence electrons. The van der Waals surface area contributed by atoms with Crippen LogP contribution in [0.15, 0.2) is 29.6 Å². The zero-order valence-electron chi connectivity index (χ0n) is 16.9. The van der Waals surface area contributed by atoms with Gasteiger partial charge in [0.2, 0.25) is 5.91 Å². The average molecular weight is 401 g/mol. The Morgan fingerprint density at radius 3 is 2.87 bits per heavy atom. The number of hydrogen-bond acceptors (Lipinski definition) is 5. The molecule has 0 spiro atoms. The van der Waals surface area contributed by atoms with E-state index in [1.54, 1.807) is 4.68 Å². The van der Waals surface area contributed by atoms with Crippen molar-refractivity contribution in [2.45, 2.75) is 51.2 Å². The van der Waals surface area contributed by atoms with Crippen LogP contribution in [0.3, 0.4) is 0 Å². The van der Waals surface area contributed by atoms with E-state index in [4.69, 9.17) is 15.1 Å². The van der Waals surface area contributed by atoms with E-state index >= 15 is 0 Å². The van der Waals surface area contributed by atoms with Gasteiger partial charge in [-0.05, 0) is 25.3 Å². The van der Waals surface area contributed by atoms with Crippen molar-refractivity contribution in [2.75, 3.05) is 0 Å². The van der Waals surface area contributed by atoms with E-state index in [2.05, 4.69) is 22.7 Å². The molecule has 0 atom stereocenters. The average Bonchev–Trinajstić information content (AvgIpc) is 3.19. The molecule has 1 fully saturated rings. The smallest absolute Gasteiger partial charge is 0.220 e. The van der Waals surface area contributed by atoms with Gasteiger partial charge >= 0.3 is 0 Å². The second-order valence-electron chi connectivity index (χ2n) is 8.39. The second kappa shape index (κ2) is 6.62. The number of hydrogen-bond donors (Lipinski definition) is 1. The number of fused-ring (bicyclic) bond motifs is 6. The van der Waals surface area contributed by atoms with Crippen molar-refractivity contribution < 1.29 is 4.79 Å². The van der Waals surface area contributed by atoms with Crippen LogP contribution in [0.2, 0.25) is 0 Å². The van der Waals surface area contributed by atoms with Crippen molar-refractivity contribution in [3.05, 3.63) is 52.9 Å². The molecule has 30 heavy (non-hydrogen) atoms. The number of aromatic nitrogens is 5. The van der Waals surface area contributed by atoms with Gasteiger partial charge in [0.15, 0.2) is 0 Å². The Balaban J connectivity index is 1.51. The van der Waals surface area contributed by atoms with Crippen LogP contribution in [0.5, 0.6) is 0 Å². The van der Waals surface area contributed by atoms with E-state index in [-0.39, 0.29) is 5.91 Å². The van der Waals surface area contributed by atoms with Crippen molar-refractivity contribution in [1.82, 2.24) is 29.9 Å². The molecule has 0 saturated heterocycles. The lowest BCUT2D eigenvalue weighted by Crippen LogP contribution is -2.23. The Morgan fingerprint density at radius 2 is 2.00 bits per heavy atom. The minimum atomic E-state index is 0.0359. The van der Waals surface area contributed by atoms with Gasteiger partial charge in [0.1, 0.15) is 0 Å². The van der Waals surface area contributed by atoms with Gasteiger partial charge in [-0.25, -0.2) is 0 Å². The van der Waals surface area contributed by atoms with Crippen LogP contribution in [0, 0.1) is 0 Å². The maximum absolute atomic E-state index is 12.4. The molecular weight excluding hydrogens is 378 g/mol. The number of pyridine rings is 1. The summed E-state index contributed by atoms with van der Waals surface area (Å²) < 4.78 is 3.78. The van der Waals surface area contributed by atoms with E-state index in [9.17, 15) is 4.79 Å². The SMILES string of the molecule is Cn1cc2c(n1)CNC(=O)CCCn1cc(c(C3CC3)n1)C1=NCc3ncc-2cc31. The van der Waals surface area contributed by atoms with Crippen molar-refractivity contribution in [2.24, 2.45) is 12.0 Å². The second-order valence-corrected chi connectivity index (χ2v) is 8.39. The number of carbonyl (C=O) groups is 1. The van der Waals surface area contributed by atoms with Gasteiger partial charge < -0.3 is 5.32 Å². The highest BCUT2D eigenvalue weighted by atomic mass is 16.1. The van der Waals surface area contributed by atoms with Crippen LogP contribution in [0.1, 0.15) is 59.8 Å². The highest BCUT2D eigenvalue weighted by Gasteiger charge is 2.33. The Kier molecular flexibility index (Phi) is 3.87. The summed E-state index contributed by atoms with van der Waals surface area (Å²) in [5.41, 5.74) is 8.20. The van der Waals surface area contributed by atoms with E-state index in [0.29, 0.717) is 25.4 Å². The number of nitrogens with one attached hydrogen (secondary N) is 1. The molecule has 5 heterocycles. The number of carbonyl (C=O) groups excluding carboxylic acids is 1. The Bertz CT molecular complexity index is 1200. The predicted octanol–water partition coefficient (Wildman–Crippen LogP) is 2.32. The third-order valence-electron chi connectivity index (χ3n) is 6.08. The lowest BCUT2D eigenvalue weighted by atomic mass is 9.98. The summed E-state index contributed by atoms with van der Waals surface area (Å²) in [4.78, 5) is 21.9. The first kappa shape index (κ1) is 17.6. The molecule has 1 N–H and O–H groups in total. The van der Waals surface area contributed by atoms with Gasteiger partial charge in [0.25, 0.3) is 0 Å². The third kappa shape index (κ3) is 2.94.